The average Bonchev–Trinajstić information content (AvgIpc) is 3.10. The Balaban J connectivity index is 1.76. The van der Waals surface area contributed by atoms with Gasteiger partial charge >= 0.3 is 0 Å². The first kappa shape index (κ1) is 17.5. The lowest BCUT2D eigenvalue weighted by Crippen LogP contribution is -2.48. The van der Waals surface area contributed by atoms with Gasteiger partial charge < -0.3 is 19.0 Å². The van der Waals surface area contributed by atoms with E-state index in [1.807, 2.05) is 35.2 Å². The van der Waals surface area contributed by atoms with E-state index in [0.29, 0.717) is 38.0 Å². The van der Waals surface area contributed by atoms with Crippen molar-refractivity contribution in [2.75, 3.05) is 38.2 Å². The molecule has 1 aromatic carbocycles. The Morgan fingerprint density at radius 1 is 1.31 bits per heavy atom. The summed E-state index contributed by atoms with van der Waals surface area (Å²) in [5, 5.41) is 9.35. The second kappa shape index (κ2) is 7.74. The molecule has 0 spiro atoms. The van der Waals surface area contributed by atoms with Crippen LogP contribution < -0.4 is 9.64 Å². The Kier molecular flexibility index (Phi) is 5.23. The van der Waals surface area contributed by atoms with E-state index in [1.165, 1.54) is 0 Å². The van der Waals surface area contributed by atoms with Gasteiger partial charge in [-0.3, -0.25) is 4.79 Å². The minimum atomic E-state index is 0.0599. The molecular formula is C19H20N4O3. The number of carbonyl (C=O) groups excluding carboxylic acids is 1. The highest BCUT2D eigenvalue weighted by Gasteiger charge is 2.24. The number of anilines is 1. The molecular weight excluding hydrogens is 332 g/mol. The van der Waals surface area contributed by atoms with Crippen LogP contribution in [-0.4, -0.2) is 49.1 Å². The van der Waals surface area contributed by atoms with Crippen molar-refractivity contribution < 1.29 is 13.9 Å². The molecule has 1 fully saturated rings. The molecule has 0 saturated carbocycles. The highest BCUT2D eigenvalue weighted by Crippen LogP contribution is 2.24. The molecule has 0 unspecified atom stereocenters. The van der Waals surface area contributed by atoms with Gasteiger partial charge in [-0.1, -0.05) is 12.1 Å². The standard InChI is InChI=1S/C19H20N4O3/c1-14(24)22-8-10-23(11-9-22)19-17(13-20)21-18(26-19)7-6-15-4-3-5-16(12-15)25-2/h3-7,12H,8-11H2,1-2H3/b7-6+. The topological polar surface area (TPSA) is 82.6 Å². The number of piperazine rings is 1. The highest BCUT2D eigenvalue weighted by atomic mass is 16.5. The fourth-order valence-corrected chi connectivity index (χ4v) is 2.82. The maximum absolute atomic E-state index is 11.4. The SMILES string of the molecule is COc1cccc(/C=C/c2nc(C#N)c(N3CCN(C(C)=O)CC3)o2)c1. The molecule has 1 amide bonds. The molecule has 0 aliphatic carbocycles. The lowest BCUT2D eigenvalue weighted by Gasteiger charge is -2.33. The van der Waals surface area contributed by atoms with Gasteiger partial charge in [-0.05, 0) is 23.8 Å². The second-order valence-corrected chi connectivity index (χ2v) is 5.92. The maximum Gasteiger partial charge on any atom is 0.235 e. The molecule has 7 heteroatoms. The molecule has 1 aliphatic heterocycles. The first-order chi connectivity index (χ1) is 12.6. The fraction of sp³-hybridized carbons (Fsp3) is 0.316. The first-order valence-corrected chi connectivity index (χ1v) is 8.34. The van der Waals surface area contributed by atoms with Crippen LogP contribution in [0.2, 0.25) is 0 Å². The number of oxazole rings is 1. The van der Waals surface area contributed by atoms with Crippen molar-refractivity contribution in [2.24, 2.45) is 0 Å². The van der Waals surface area contributed by atoms with E-state index in [2.05, 4.69) is 11.1 Å². The largest absolute Gasteiger partial charge is 0.497 e. The Morgan fingerprint density at radius 2 is 2.08 bits per heavy atom. The summed E-state index contributed by atoms with van der Waals surface area (Å²) >= 11 is 0. The van der Waals surface area contributed by atoms with Crippen molar-refractivity contribution in [3.63, 3.8) is 0 Å². The lowest BCUT2D eigenvalue weighted by molar-refractivity contribution is -0.129. The van der Waals surface area contributed by atoms with Crippen LogP contribution in [0.3, 0.4) is 0 Å². The van der Waals surface area contributed by atoms with Crippen molar-refractivity contribution in [1.29, 1.82) is 5.26 Å². The molecule has 26 heavy (non-hydrogen) atoms. The van der Waals surface area contributed by atoms with E-state index >= 15 is 0 Å². The van der Waals surface area contributed by atoms with Crippen molar-refractivity contribution in [3.8, 4) is 11.8 Å². The molecule has 0 atom stereocenters. The number of carbonyl (C=O) groups is 1. The normalized spacial score (nSPS) is 14.5. The number of nitrogens with zero attached hydrogens (tertiary/aromatic N) is 4. The van der Waals surface area contributed by atoms with Crippen molar-refractivity contribution in [1.82, 2.24) is 9.88 Å². The number of rotatable bonds is 4. The highest BCUT2D eigenvalue weighted by molar-refractivity contribution is 5.73. The van der Waals surface area contributed by atoms with Gasteiger partial charge in [0.25, 0.3) is 0 Å². The van der Waals surface area contributed by atoms with Crippen molar-refractivity contribution in [2.45, 2.75) is 6.92 Å². The average molecular weight is 352 g/mol. The molecule has 2 aromatic rings. The molecule has 1 saturated heterocycles. The summed E-state index contributed by atoms with van der Waals surface area (Å²) < 4.78 is 11.0. The van der Waals surface area contributed by atoms with E-state index in [9.17, 15) is 10.1 Å². The van der Waals surface area contributed by atoms with Crippen LogP contribution in [-0.2, 0) is 4.79 Å². The third-order valence-corrected chi connectivity index (χ3v) is 4.26. The Bertz CT molecular complexity index is 858. The van der Waals surface area contributed by atoms with E-state index in [1.54, 1.807) is 25.0 Å². The quantitative estimate of drug-likeness (QED) is 0.840. The molecule has 0 radical (unpaired) electrons. The Labute approximate surface area is 152 Å². The van der Waals surface area contributed by atoms with Crippen molar-refractivity contribution >= 4 is 23.9 Å². The maximum atomic E-state index is 11.4. The summed E-state index contributed by atoms with van der Waals surface area (Å²) in [6, 6.07) is 9.69. The number of hydrogen-bond acceptors (Lipinski definition) is 6. The van der Waals surface area contributed by atoms with Crippen LogP contribution in [0.5, 0.6) is 5.75 Å². The number of hydrogen-bond donors (Lipinski definition) is 0. The molecule has 1 aromatic heterocycles. The molecule has 1 aliphatic rings. The number of amides is 1. The monoisotopic (exact) mass is 352 g/mol. The molecule has 3 rings (SSSR count). The number of methoxy groups -OCH3 is 1. The minimum absolute atomic E-state index is 0.0599. The zero-order chi connectivity index (χ0) is 18.5. The number of benzene rings is 1. The summed E-state index contributed by atoms with van der Waals surface area (Å²) in [6.45, 7) is 4.00. The molecule has 134 valence electrons. The smallest absolute Gasteiger partial charge is 0.235 e. The van der Waals surface area contributed by atoms with Gasteiger partial charge in [0.05, 0.1) is 7.11 Å². The van der Waals surface area contributed by atoms with Crippen LogP contribution in [0.1, 0.15) is 24.1 Å². The minimum Gasteiger partial charge on any atom is -0.497 e. The van der Waals surface area contributed by atoms with Gasteiger partial charge in [0.1, 0.15) is 11.8 Å². The van der Waals surface area contributed by atoms with E-state index in [4.69, 9.17) is 9.15 Å². The molecule has 2 heterocycles. The number of nitriles is 1. The third-order valence-electron chi connectivity index (χ3n) is 4.26. The summed E-state index contributed by atoms with van der Waals surface area (Å²) in [7, 11) is 1.62. The fourth-order valence-electron chi connectivity index (χ4n) is 2.82. The second-order valence-electron chi connectivity index (χ2n) is 5.92. The Morgan fingerprint density at radius 3 is 2.73 bits per heavy atom. The van der Waals surface area contributed by atoms with Gasteiger partial charge in [-0.25, -0.2) is 0 Å². The van der Waals surface area contributed by atoms with Crippen LogP contribution in [0.4, 0.5) is 5.88 Å². The van der Waals surface area contributed by atoms with Crippen LogP contribution in [0.25, 0.3) is 12.2 Å². The van der Waals surface area contributed by atoms with Gasteiger partial charge in [0.15, 0.2) is 0 Å². The summed E-state index contributed by atoms with van der Waals surface area (Å²) in [6.07, 6.45) is 3.58. The van der Waals surface area contributed by atoms with Crippen LogP contribution >= 0.6 is 0 Å². The van der Waals surface area contributed by atoms with E-state index in [-0.39, 0.29) is 11.6 Å². The van der Waals surface area contributed by atoms with Gasteiger partial charge in [0.2, 0.25) is 23.4 Å². The third kappa shape index (κ3) is 3.86. The summed E-state index contributed by atoms with van der Waals surface area (Å²) in [5.41, 5.74) is 1.20. The molecule has 7 nitrogen and oxygen atoms in total. The summed E-state index contributed by atoms with van der Waals surface area (Å²) in [5.74, 6) is 1.65. The van der Waals surface area contributed by atoms with Gasteiger partial charge in [-0.2, -0.15) is 10.2 Å². The van der Waals surface area contributed by atoms with Crippen molar-refractivity contribution in [3.05, 3.63) is 41.4 Å². The number of aromatic nitrogens is 1. The van der Waals surface area contributed by atoms with E-state index < -0.39 is 0 Å². The van der Waals surface area contributed by atoms with Gasteiger partial charge in [0, 0.05) is 39.2 Å². The van der Waals surface area contributed by atoms with Crippen LogP contribution in [0, 0.1) is 11.3 Å². The predicted octanol–water partition coefficient (Wildman–Crippen LogP) is 2.39. The summed E-state index contributed by atoms with van der Waals surface area (Å²) in [4.78, 5) is 19.4. The van der Waals surface area contributed by atoms with E-state index in [0.717, 1.165) is 11.3 Å². The lowest BCUT2D eigenvalue weighted by atomic mass is 10.2. The first-order valence-electron chi connectivity index (χ1n) is 8.34. The number of ether oxygens (including phenoxy) is 1. The predicted molar refractivity (Wildman–Crippen MR) is 97.6 cm³/mol. The van der Waals surface area contributed by atoms with Crippen LogP contribution in [0.15, 0.2) is 28.7 Å². The molecule has 0 N–H and O–H groups in total. The van der Waals surface area contributed by atoms with Gasteiger partial charge in [-0.15, -0.1) is 0 Å². The Hall–Kier alpha value is -3.27. The zero-order valence-corrected chi connectivity index (χ0v) is 14.8. The molecule has 0 bridgehead atoms. The zero-order valence-electron chi connectivity index (χ0n) is 14.8.